The van der Waals surface area contributed by atoms with Crippen molar-refractivity contribution in [3.05, 3.63) is 107 Å². The zero-order valence-electron chi connectivity index (χ0n) is 17.5. The van der Waals surface area contributed by atoms with Gasteiger partial charge in [0.05, 0.1) is 21.5 Å². The van der Waals surface area contributed by atoms with Gasteiger partial charge in [0.2, 0.25) is 0 Å². The predicted molar refractivity (Wildman–Crippen MR) is 134 cm³/mol. The van der Waals surface area contributed by atoms with Crippen LogP contribution < -0.4 is 10.1 Å². The summed E-state index contributed by atoms with van der Waals surface area (Å²) in [6.45, 7) is 0. The normalized spacial score (nSPS) is 10.9. The maximum Gasteiger partial charge on any atom is 0.127 e. The number of rotatable bonds is 6. The Labute approximate surface area is 195 Å². The number of nitrogens with zero attached hydrogens (tertiary/aromatic N) is 3. The molecule has 5 aromatic rings. The monoisotopic (exact) mass is 446 g/mol. The average Bonchev–Trinajstić information content (AvgIpc) is 3.29. The summed E-state index contributed by atoms with van der Waals surface area (Å²) in [5.74, 6) is 1.53. The lowest BCUT2D eigenvalue weighted by molar-refractivity contribution is 0.483. The van der Waals surface area contributed by atoms with E-state index >= 15 is 0 Å². The van der Waals surface area contributed by atoms with Crippen LogP contribution in [0.25, 0.3) is 22.4 Å². The standard InChI is InChI=1S/C27H18N4OS/c28-17-20-18-30-25-16-24(11-6-19-12-14-29-15-13-19)33-27(25)26(20)31-21-7-9-23(10-8-21)32-22-4-2-1-3-5-22/h1-16,18H,(H,30,31)/b11-6+. The number of pyridine rings is 2. The van der Waals surface area contributed by atoms with Crippen molar-refractivity contribution >= 4 is 45.1 Å². The van der Waals surface area contributed by atoms with Crippen LogP contribution >= 0.6 is 11.3 Å². The first-order valence-electron chi connectivity index (χ1n) is 10.3. The number of nitrogens with one attached hydrogen (secondary N) is 1. The largest absolute Gasteiger partial charge is 0.457 e. The highest BCUT2D eigenvalue weighted by Gasteiger charge is 2.12. The lowest BCUT2D eigenvalue weighted by Gasteiger charge is -2.10. The highest BCUT2D eigenvalue weighted by atomic mass is 32.1. The molecule has 3 aromatic heterocycles. The molecule has 0 spiro atoms. The molecule has 5 nitrogen and oxygen atoms in total. The third-order valence-electron chi connectivity index (χ3n) is 4.93. The van der Waals surface area contributed by atoms with E-state index in [4.69, 9.17) is 4.74 Å². The first-order chi connectivity index (χ1) is 16.3. The fourth-order valence-electron chi connectivity index (χ4n) is 3.32. The molecule has 0 radical (unpaired) electrons. The molecule has 0 unspecified atom stereocenters. The number of aromatic nitrogens is 2. The number of benzene rings is 2. The van der Waals surface area contributed by atoms with E-state index in [2.05, 4.69) is 21.4 Å². The quantitative estimate of drug-likeness (QED) is 0.297. The molecule has 158 valence electrons. The number of fused-ring (bicyclic) bond motifs is 1. The summed E-state index contributed by atoms with van der Waals surface area (Å²) in [7, 11) is 0. The molecule has 0 amide bonds. The van der Waals surface area contributed by atoms with Crippen LogP contribution in [0.5, 0.6) is 11.5 Å². The number of anilines is 2. The van der Waals surface area contributed by atoms with Gasteiger partial charge < -0.3 is 10.1 Å². The first-order valence-corrected chi connectivity index (χ1v) is 11.1. The van der Waals surface area contributed by atoms with Crippen LogP contribution in [-0.4, -0.2) is 9.97 Å². The van der Waals surface area contributed by atoms with E-state index < -0.39 is 0 Å². The van der Waals surface area contributed by atoms with Crippen molar-refractivity contribution in [1.82, 2.24) is 9.97 Å². The molecule has 6 heteroatoms. The van der Waals surface area contributed by atoms with Gasteiger partial charge in [-0.2, -0.15) is 5.26 Å². The van der Waals surface area contributed by atoms with Crippen LogP contribution in [0.1, 0.15) is 16.0 Å². The molecule has 0 aliphatic heterocycles. The van der Waals surface area contributed by atoms with Crippen LogP contribution in [0.2, 0.25) is 0 Å². The van der Waals surface area contributed by atoms with Crippen molar-refractivity contribution in [3.8, 4) is 17.6 Å². The Morgan fingerprint density at radius 1 is 0.909 bits per heavy atom. The van der Waals surface area contributed by atoms with Gasteiger partial charge in [-0.1, -0.05) is 24.3 Å². The molecule has 1 N–H and O–H groups in total. The molecule has 0 atom stereocenters. The van der Waals surface area contributed by atoms with Crippen LogP contribution in [0, 0.1) is 11.3 Å². The third-order valence-corrected chi connectivity index (χ3v) is 6.04. The molecule has 2 aromatic carbocycles. The van der Waals surface area contributed by atoms with Crippen molar-refractivity contribution < 1.29 is 4.74 Å². The topological polar surface area (TPSA) is 70.8 Å². The molecular formula is C27H18N4OS. The number of para-hydroxylation sites is 1. The molecule has 0 aliphatic rings. The van der Waals surface area contributed by atoms with E-state index in [0.717, 1.165) is 43.5 Å². The number of thiophene rings is 1. The average molecular weight is 447 g/mol. The Morgan fingerprint density at radius 2 is 1.67 bits per heavy atom. The molecule has 0 saturated carbocycles. The highest BCUT2D eigenvalue weighted by molar-refractivity contribution is 7.20. The molecule has 0 bridgehead atoms. The van der Waals surface area contributed by atoms with Crippen molar-refractivity contribution in [3.63, 3.8) is 0 Å². The second kappa shape index (κ2) is 9.35. The molecule has 0 aliphatic carbocycles. The predicted octanol–water partition coefficient (Wildman–Crippen LogP) is 7.27. The van der Waals surface area contributed by atoms with E-state index in [1.54, 1.807) is 29.9 Å². The lowest BCUT2D eigenvalue weighted by atomic mass is 10.2. The molecule has 0 fully saturated rings. The van der Waals surface area contributed by atoms with Crippen molar-refractivity contribution in [1.29, 1.82) is 5.26 Å². The summed E-state index contributed by atoms with van der Waals surface area (Å²) in [5, 5.41) is 13.1. The van der Waals surface area contributed by atoms with Crippen LogP contribution in [-0.2, 0) is 0 Å². The van der Waals surface area contributed by atoms with Crippen LogP contribution in [0.4, 0.5) is 11.4 Å². The number of nitriles is 1. The van der Waals surface area contributed by atoms with Gasteiger partial charge in [-0.3, -0.25) is 9.97 Å². The molecule has 5 rings (SSSR count). The summed E-state index contributed by atoms with van der Waals surface area (Å²) < 4.78 is 6.80. The minimum Gasteiger partial charge on any atom is -0.457 e. The molecular weight excluding hydrogens is 428 g/mol. The summed E-state index contributed by atoms with van der Waals surface area (Å²) in [4.78, 5) is 9.57. The smallest absolute Gasteiger partial charge is 0.127 e. The molecule has 0 saturated heterocycles. The maximum absolute atomic E-state index is 9.66. The summed E-state index contributed by atoms with van der Waals surface area (Å²) in [5.41, 5.74) is 4.04. The zero-order chi connectivity index (χ0) is 22.5. The third kappa shape index (κ3) is 4.74. The van der Waals surface area contributed by atoms with E-state index in [9.17, 15) is 5.26 Å². The van der Waals surface area contributed by atoms with Gasteiger partial charge in [0, 0.05) is 29.2 Å². The van der Waals surface area contributed by atoms with Gasteiger partial charge in [-0.15, -0.1) is 11.3 Å². The van der Waals surface area contributed by atoms with Gasteiger partial charge >= 0.3 is 0 Å². The molecule has 3 heterocycles. The van der Waals surface area contributed by atoms with Crippen LogP contribution in [0.3, 0.4) is 0 Å². The highest BCUT2D eigenvalue weighted by Crippen LogP contribution is 2.36. The number of hydrogen-bond donors (Lipinski definition) is 1. The Balaban J connectivity index is 1.41. The van der Waals surface area contributed by atoms with Crippen molar-refractivity contribution in [2.75, 3.05) is 5.32 Å². The summed E-state index contributed by atoms with van der Waals surface area (Å²) in [6.07, 6.45) is 9.23. The fourth-order valence-corrected chi connectivity index (χ4v) is 4.34. The first kappa shape index (κ1) is 20.4. The van der Waals surface area contributed by atoms with E-state index in [0.29, 0.717) is 5.56 Å². The van der Waals surface area contributed by atoms with Gasteiger partial charge in [0.1, 0.15) is 17.6 Å². The fraction of sp³-hybridized carbons (Fsp3) is 0. The van der Waals surface area contributed by atoms with Crippen molar-refractivity contribution in [2.45, 2.75) is 0 Å². The second-order valence-corrected chi connectivity index (χ2v) is 8.28. The van der Waals surface area contributed by atoms with Crippen LogP contribution in [0.15, 0.2) is 91.4 Å². The Kier molecular flexibility index (Phi) is 5.79. The summed E-state index contributed by atoms with van der Waals surface area (Å²) >= 11 is 1.59. The lowest BCUT2D eigenvalue weighted by Crippen LogP contribution is -1.95. The second-order valence-electron chi connectivity index (χ2n) is 7.20. The van der Waals surface area contributed by atoms with E-state index in [1.807, 2.05) is 84.9 Å². The number of hydrogen-bond acceptors (Lipinski definition) is 6. The Hall–Kier alpha value is -4.47. The maximum atomic E-state index is 9.66. The van der Waals surface area contributed by atoms with Crippen molar-refractivity contribution in [2.24, 2.45) is 0 Å². The van der Waals surface area contributed by atoms with Gasteiger partial charge in [-0.25, -0.2) is 0 Å². The van der Waals surface area contributed by atoms with E-state index in [-0.39, 0.29) is 0 Å². The zero-order valence-corrected chi connectivity index (χ0v) is 18.3. The van der Waals surface area contributed by atoms with Gasteiger partial charge in [0.15, 0.2) is 0 Å². The van der Waals surface area contributed by atoms with Gasteiger partial charge in [-0.05, 0) is 66.2 Å². The molecule has 33 heavy (non-hydrogen) atoms. The van der Waals surface area contributed by atoms with E-state index in [1.165, 1.54) is 0 Å². The Bertz CT molecular complexity index is 1450. The summed E-state index contributed by atoms with van der Waals surface area (Å²) in [6, 6.07) is 25.5. The Morgan fingerprint density at radius 3 is 2.42 bits per heavy atom. The minimum absolute atomic E-state index is 0.499. The van der Waals surface area contributed by atoms with Gasteiger partial charge in [0.25, 0.3) is 0 Å². The SMILES string of the molecule is N#Cc1cnc2cc(/C=C/c3ccncc3)sc2c1Nc1ccc(Oc2ccccc2)cc1. The minimum atomic E-state index is 0.499. The number of ether oxygens (including phenoxy) is 1.